The number of carbonyl (C=O) groups is 1. The number of nitrogens with zero attached hydrogens (tertiary/aromatic N) is 1. The van der Waals surface area contributed by atoms with E-state index in [-0.39, 0.29) is 18.8 Å². The maximum absolute atomic E-state index is 11.8. The number of rotatable bonds is 3. The van der Waals surface area contributed by atoms with Crippen molar-refractivity contribution in [3.05, 3.63) is 23.8 Å². The fraction of sp³-hybridized carbons (Fsp3) is 0.533. The van der Waals surface area contributed by atoms with Gasteiger partial charge in [-0.2, -0.15) is 0 Å². The molecule has 0 radical (unpaired) electrons. The highest BCUT2D eigenvalue weighted by Gasteiger charge is 2.29. The Morgan fingerprint density at radius 3 is 3.05 bits per heavy atom. The predicted molar refractivity (Wildman–Crippen MR) is 72.6 cm³/mol. The van der Waals surface area contributed by atoms with Crippen molar-refractivity contribution >= 4 is 5.97 Å². The Kier molecular flexibility index (Phi) is 3.78. The average molecular weight is 277 g/mol. The lowest BCUT2D eigenvalue weighted by atomic mass is 10.0. The number of benzene rings is 1. The van der Waals surface area contributed by atoms with Crippen LogP contribution in [0.4, 0.5) is 0 Å². The lowest BCUT2D eigenvalue weighted by molar-refractivity contribution is -0.148. The Bertz CT molecular complexity index is 503. The van der Waals surface area contributed by atoms with Crippen LogP contribution < -0.4 is 9.47 Å². The van der Waals surface area contributed by atoms with E-state index in [0.717, 1.165) is 49.4 Å². The second-order valence-corrected chi connectivity index (χ2v) is 5.19. The first-order valence-corrected chi connectivity index (χ1v) is 6.98. The van der Waals surface area contributed by atoms with Crippen LogP contribution in [-0.2, 0) is 16.1 Å². The summed E-state index contributed by atoms with van der Waals surface area (Å²) in [6.45, 7) is 1.94. The van der Waals surface area contributed by atoms with Crippen LogP contribution in [0.25, 0.3) is 0 Å². The van der Waals surface area contributed by atoms with E-state index in [9.17, 15) is 4.79 Å². The van der Waals surface area contributed by atoms with E-state index in [1.54, 1.807) is 0 Å². The van der Waals surface area contributed by atoms with Crippen LogP contribution in [0.2, 0.25) is 0 Å². The predicted octanol–water partition coefficient (Wildman–Crippen LogP) is 1.94. The summed E-state index contributed by atoms with van der Waals surface area (Å²) in [7, 11) is 1.45. The molecule has 0 amide bonds. The van der Waals surface area contributed by atoms with Crippen LogP contribution >= 0.6 is 0 Å². The number of hydrogen-bond acceptors (Lipinski definition) is 5. The topological polar surface area (TPSA) is 48.0 Å². The highest BCUT2D eigenvalue weighted by atomic mass is 16.7. The van der Waals surface area contributed by atoms with E-state index >= 15 is 0 Å². The number of hydrogen-bond donors (Lipinski definition) is 0. The lowest BCUT2D eigenvalue weighted by Crippen LogP contribution is -2.44. The number of fused-ring (bicyclic) bond motifs is 1. The Morgan fingerprint density at radius 1 is 1.35 bits per heavy atom. The third kappa shape index (κ3) is 2.58. The molecular formula is C15H19NO4. The zero-order valence-corrected chi connectivity index (χ0v) is 11.6. The molecule has 108 valence electrons. The summed E-state index contributed by atoms with van der Waals surface area (Å²) >= 11 is 0. The minimum absolute atomic E-state index is 0.126. The molecule has 3 rings (SSSR count). The molecule has 0 saturated carbocycles. The molecule has 1 aromatic rings. The third-order valence-corrected chi connectivity index (χ3v) is 3.91. The van der Waals surface area contributed by atoms with Crippen molar-refractivity contribution in [3.8, 4) is 11.5 Å². The van der Waals surface area contributed by atoms with Gasteiger partial charge in [0.15, 0.2) is 11.5 Å². The van der Waals surface area contributed by atoms with E-state index in [2.05, 4.69) is 4.90 Å². The first kappa shape index (κ1) is 13.2. The fourth-order valence-electron chi connectivity index (χ4n) is 2.86. The molecule has 0 N–H and O–H groups in total. The van der Waals surface area contributed by atoms with Crippen molar-refractivity contribution in [2.75, 3.05) is 20.4 Å². The summed E-state index contributed by atoms with van der Waals surface area (Å²) in [6.07, 6.45) is 3.08. The Balaban J connectivity index is 1.73. The van der Waals surface area contributed by atoms with Crippen LogP contribution in [-0.4, -0.2) is 37.4 Å². The maximum Gasteiger partial charge on any atom is 0.323 e. The van der Waals surface area contributed by atoms with Gasteiger partial charge in [-0.25, -0.2) is 0 Å². The molecule has 2 aliphatic heterocycles. The molecule has 5 nitrogen and oxygen atoms in total. The lowest BCUT2D eigenvalue weighted by Gasteiger charge is -2.33. The minimum Gasteiger partial charge on any atom is -0.468 e. The Hall–Kier alpha value is -1.75. The van der Waals surface area contributed by atoms with Gasteiger partial charge in [-0.05, 0) is 37.1 Å². The molecule has 2 heterocycles. The zero-order valence-electron chi connectivity index (χ0n) is 11.6. The molecule has 1 saturated heterocycles. The molecule has 0 bridgehead atoms. The van der Waals surface area contributed by atoms with E-state index in [0.29, 0.717) is 0 Å². The molecule has 0 aromatic heterocycles. The average Bonchev–Trinajstić information content (AvgIpc) is 2.94. The van der Waals surface area contributed by atoms with Gasteiger partial charge in [-0.15, -0.1) is 0 Å². The highest BCUT2D eigenvalue weighted by Crippen LogP contribution is 2.33. The van der Waals surface area contributed by atoms with Crippen LogP contribution in [0.15, 0.2) is 18.2 Å². The summed E-state index contributed by atoms with van der Waals surface area (Å²) in [5.74, 6) is 1.44. The maximum atomic E-state index is 11.8. The number of likely N-dealkylation sites (tertiary alicyclic amines) is 1. The van der Waals surface area contributed by atoms with Gasteiger partial charge in [-0.1, -0.05) is 12.5 Å². The zero-order chi connectivity index (χ0) is 13.9. The van der Waals surface area contributed by atoms with Gasteiger partial charge in [0.2, 0.25) is 6.79 Å². The van der Waals surface area contributed by atoms with E-state index in [1.165, 1.54) is 7.11 Å². The molecule has 1 fully saturated rings. The van der Waals surface area contributed by atoms with E-state index < -0.39 is 0 Å². The smallest absolute Gasteiger partial charge is 0.323 e. The van der Waals surface area contributed by atoms with Gasteiger partial charge in [0.25, 0.3) is 0 Å². The normalized spacial score (nSPS) is 21.8. The molecule has 0 aliphatic carbocycles. The molecular weight excluding hydrogens is 258 g/mol. The largest absolute Gasteiger partial charge is 0.468 e. The monoisotopic (exact) mass is 277 g/mol. The van der Waals surface area contributed by atoms with Crippen molar-refractivity contribution in [2.24, 2.45) is 0 Å². The molecule has 1 unspecified atom stereocenters. The van der Waals surface area contributed by atoms with Crippen LogP contribution in [0, 0.1) is 0 Å². The second kappa shape index (κ2) is 5.71. The van der Waals surface area contributed by atoms with Gasteiger partial charge >= 0.3 is 5.97 Å². The van der Waals surface area contributed by atoms with Gasteiger partial charge in [0.1, 0.15) is 6.04 Å². The Morgan fingerprint density at radius 2 is 2.20 bits per heavy atom. The van der Waals surface area contributed by atoms with Crippen LogP contribution in [0.1, 0.15) is 24.8 Å². The molecule has 0 spiro atoms. The quantitative estimate of drug-likeness (QED) is 0.790. The molecule has 20 heavy (non-hydrogen) atoms. The van der Waals surface area contributed by atoms with Crippen LogP contribution in [0.3, 0.4) is 0 Å². The summed E-state index contributed by atoms with van der Waals surface area (Å²) < 4.78 is 15.6. The number of piperidine rings is 1. The van der Waals surface area contributed by atoms with Gasteiger partial charge in [-0.3, -0.25) is 9.69 Å². The first-order valence-electron chi connectivity index (χ1n) is 6.98. The molecule has 1 aromatic carbocycles. The SMILES string of the molecule is COC(=O)C1CCCCN1Cc1ccc2c(c1)OCO2. The third-order valence-electron chi connectivity index (χ3n) is 3.91. The summed E-state index contributed by atoms with van der Waals surface area (Å²) in [6, 6.07) is 5.82. The van der Waals surface area contributed by atoms with E-state index in [1.807, 2.05) is 18.2 Å². The Labute approximate surface area is 118 Å². The van der Waals surface area contributed by atoms with Crippen LogP contribution in [0.5, 0.6) is 11.5 Å². The minimum atomic E-state index is -0.134. The van der Waals surface area contributed by atoms with Gasteiger partial charge in [0, 0.05) is 6.54 Å². The van der Waals surface area contributed by atoms with Crippen molar-refractivity contribution < 1.29 is 19.0 Å². The molecule has 2 aliphatic rings. The van der Waals surface area contributed by atoms with E-state index in [4.69, 9.17) is 14.2 Å². The second-order valence-electron chi connectivity index (χ2n) is 5.19. The van der Waals surface area contributed by atoms with Gasteiger partial charge < -0.3 is 14.2 Å². The summed E-state index contributed by atoms with van der Waals surface area (Å²) in [5, 5.41) is 0. The number of esters is 1. The fourth-order valence-corrected chi connectivity index (χ4v) is 2.86. The van der Waals surface area contributed by atoms with Crippen molar-refractivity contribution in [3.63, 3.8) is 0 Å². The number of ether oxygens (including phenoxy) is 3. The van der Waals surface area contributed by atoms with Crippen molar-refractivity contribution in [1.82, 2.24) is 4.90 Å². The summed E-state index contributed by atoms with van der Waals surface area (Å²) in [4.78, 5) is 14.0. The number of methoxy groups -OCH3 is 1. The molecule has 5 heteroatoms. The highest BCUT2D eigenvalue weighted by molar-refractivity contribution is 5.75. The van der Waals surface area contributed by atoms with Gasteiger partial charge in [0.05, 0.1) is 7.11 Å². The summed E-state index contributed by atoms with van der Waals surface area (Å²) in [5.41, 5.74) is 1.13. The number of carbonyl (C=O) groups excluding carboxylic acids is 1. The van der Waals surface area contributed by atoms with Crippen molar-refractivity contribution in [2.45, 2.75) is 31.8 Å². The van der Waals surface area contributed by atoms with Crippen molar-refractivity contribution in [1.29, 1.82) is 0 Å². The first-order chi connectivity index (χ1) is 9.78. The standard InChI is InChI=1S/C15H19NO4/c1-18-15(17)12-4-2-3-7-16(12)9-11-5-6-13-14(8-11)20-10-19-13/h5-6,8,12H,2-4,7,9-10H2,1H3. The molecule has 1 atom stereocenters.